The van der Waals surface area contributed by atoms with Crippen molar-refractivity contribution in [2.24, 2.45) is 29.4 Å². The molecule has 0 radical (unpaired) electrons. The molecule has 2 bridgehead atoms. The summed E-state index contributed by atoms with van der Waals surface area (Å²) < 4.78 is 60.6. The van der Waals surface area contributed by atoms with E-state index in [1.807, 2.05) is 6.08 Å². The molecule has 0 aromatic carbocycles. The van der Waals surface area contributed by atoms with Crippen molar-refractivity contribution in [3.8, 4) is 0 Å². The Morgan fingerprint density at radius 3 is 2.17 bits per heavy atom. The van der Waals surface area contributed by atoms with Gasteiger partial charge in [-0.2, -0.15) is 22.0 Å². The number of carboxylic acid groups (broad SMARTS) is 2. The predicted octanol–water partition coefficient (Wildman–Crippen LogP) is 1.31. The van der Waals surface area contributed by atoms with Gasteiger partial charge in [0, 0.05) is 12.5 Å². The van der Waals surface area contributed by atoms with Crippen LogP contribution in [-0.4, -0.2) is 70.5 Å². The number of alkyl halides is 5. The van der Waals surface area contributed by atoms with Gasteiger partial charge < -0.3 is 25.6 Å². The minimum absolute atomic E-state index is 0.105. The Balaban J connectivity index is 0.000000396. The van der Waals surface area contributed by atoms with E-state index >= 15 is 0 Å². The maximum Gasteiger partial charge on any atom is 0.490 e. The average Bonchev–Trinajstić information content (AvgIpc) is 3.30. The van der Waals surface area contributed by atoms with Crippen molar-refractivity contribution >= 4 is 17.8 Å². The highest BCUT2D eigenvalue weighted by molar-refractivity contribution is 5.88. The van der Waals surface area contributed by atoms with Gasteiger partial charge in [-0.1, -0.05) is 12.2 Å². The normalized spacial score (nSPS) is 31.2. The van der Waals surface area contributed by atoms with Crippen molar-refractivity contribution in [3.05, 3.63) is 12.2 Å². The van der Waals surface area contributed by atoms with Crippen LogP contribution >= 0.6 is 0 Å². The first-order chi connectivity index (χ1) is 13.8. The average molecular weight is 444 g/mol. The largest absolute Gasteiger partial charge is 0.490 e. The third-order valence-electron chi connectivity index (χ3n) is 5.68. The molecule has 3 aliphatic rings. The van der Waals surface area contributed by atoms with Crippen LogP contribution in [0.3, 0.4) is 0 Å². The number of allylic oxidation sites excluding steroid dienone is 2. The second-order valence-electron chi connectivity index (χ2n) is 7.39. The van der Waals surface area contributed by atoms with Gasteiger partial charge in [-0.3, -0.25) is 4.79 Å². The zero-order chi connectivity index (χ0) is 23.0. The summed E-state index contributed by atoms with van der Waals surface area (Å²) >= 11 is 0. The van der Waals surface area contributed by atoms with E-state index in [4.69, 9.17) is 15.6 Å². The lowest BCUT2D eigenvalue weighted by Crippen LogP contribution is -2.54. The van der Waals surface area contributed by atoms with E-state index in [1.54, 1.807) is 0 Å². The van der Waals surface area contributed by atoms with E-state index in [-0.39, 0.29) is 23.7 Å². The fourth-order valence-electron chi connectivity index (χ4n) is 4.40. The second kappa shape index (κ2) is 8.84. The SMILES string of the molecule is C[C@@H](OC(F)F)[C@H](N)C(=O)N1C[C@H]2[C@@H]([C@H]1C(=O)O)[C@H]1C=C[C@@H]2C1.O=C(O)C(F)(F)F. The van der Waals surface area contributed by atoms with E-state index in [2.05, 4.69) is 10.8 Å². The van der Waals surface area contributed by atoms with Crippen molar-refractivity contribution in [1.82, 2.24) is 4.90 Å². The van der Waals surface area contributed by atoms with E-state index in [0.717, 1.165) is 6.42 Å². The summed E-state index contributed by atoms with van der Waals surface area (Å²) in [4.78, 5) is 34.4. The topological polar surface area (TPSA) is 130 Å². The highest BCUT2D eigenvalue weighted by atomic mass is 19.4. The molecule has 30 heavy (non-hydrogen) atoms. The molecule has 13 heteroatoms. The number of likely N-dealkylation sites (tertiary alicyclic amines) is 1. The van der Waals surface area contributed by atoms with Crippen LogP contribution in [0.4, 0.5) is 22.0 Å². The molecule has 1 aliphatic heterocycles. The number of nitrogens with two attached hydrogens (primary N) is 1. The van der Waals surface area contributed by atoms with E-state index in [0.29, 0.717) is 6.54 Å². The van der Waals surface area contributed by atoms with Crippen molar-refractivity contribution in [3.63, 3.8) is 0 Å². The molecular weight excluding hydrogens is 423 g/mol. The lowest BCUT2D eigenvalue weighted by atomic mass is 9.82. The lowest BCUT2D eigenvalue weighted by Gasteiger charge is -2.30. The first-order valence-corrected chi connectivity index (χ1v) is 8.96. The summed E-state index contributed by atoms with van der Waals surface area (Å²) in [6.07, 6.45) is -1.23. The Labute approximate surface area is 167 Å². The molecule has 1 saturated heterocycles. The minimum Gasteiger partial charge on any atom is -0.480 e. The van der Waals surface area contributed by atoms with Crippen molar-refractivity contribution in [1.29, 1.82) is 0 Å². The molecule has 2 fully saturated rings. The van der Waals surface area contributed by atoms with Gasteiger partial charge in [-0.15, -0.1) is 0 Å². The third kappa shape index (κ3) is 4.89. The van der Waals surface area contributed by atoms with Crippen LogP contribution in [0.1, 0.15) is 13.3 Å². The number of halogens is 5. The summed E-state index contributed by atoms with van der Waals surface area (Å²) in [6.45, 7) is -1.44. The van der Waals surface area contributed by atoms with Crippen LogP contribution in [0, 0.1) is 23.7 Å². The maximum atomic E-state index is 12.5. The Hall–Kier alpha value is -2.28. The highest BCUT2D eigenvalue weighted by Gasteiger charge is 2.58. The number of aliphatic carboxylic acids is 2. The van der Waals surface area contributed by atoms with Gasteiger partial charge in [0.05, 0.1) is 6.10 Å². The van der Waals surface area contributed by atoms with E-state index in [9.17, 15) is 36.6 Å². The van der Waals surface area contributed by atoms with E-state index < -0.39 is 48.8 Å². The zero-order valence-corrected chi connectivity index (χ0v) is 15.6. The second-order valence-corrected chi connectivity index (χ2v) is 7.39. The molecule has 0 aromatic heterocycles. The Bertz CT molecular complexity index is 715. The highest BCUT2D eigenvalue weighted by Crippen LogP contribution is 2.54. The van der Waals surface area contributed by atoms with Gasteiger partial charge in [-0.05, 0) is 31.1 Å². The lowest BCUT2D eigenvalue weighted by molar-refractivity contribution is -0.192. The Morgan fingerprint density at radius 2 is 1.70 bits per heavy atom. The quantitative estimate of drug-likeness (QED) is 0.431. The van der Waals surface area contributed by atoms with Gasteiger partial charge in [0.25, 0.3) is 0 Å². The first kappa shape index (κ1) is 24.0. The van der Waals surface area contributed by atoms with Gasteiger partial charge in [-0.25, -0.2) is 9.59 Å². The number of nitrogens with zero attached hydrogens (tertiary/aromatic N) is 1. The van der Waals surface area contributed by atoms with Crippen LogP contribution in [0.25, 0.3) is 0 Å². The van der Waals surface area contributed by atoms with Gasteiger partial charge >= 0.3 is 24.7 Å². The van der Waals surface area contributed by atoms with Gasteiger partial charge in [0.1, 0.15) is 12.1 Å². The number of carbonyl (C=O) groups excluding carboxylic acids is 1. The molecule has 1 amide bonds. The number of hydrogen-bond acceptors (Lipinski definition) is 5. The number of carbonyl (C=O) groups is 3. The number of carboxylic acids is 2. The van der Waals surface area contributed by atoms with Crippen molar-refractivity contribution in [2.45, 2.75) is 44.3 Å². The smallest absolute Gasteiger partial charge is 0.480 e. The molecule has 0 aromatic rings. The molecule has 4 N–H and O–H groups in total. The molecule has 2 aliphatic carbocycles. The summed E-state index contributed by atoms with van der Waals surface area (Å²) in [5, 5.41) is 16.7. The maximum absolute atomic E-state index is 12.5. The summed E-state index contributed by atoms with van der Waals surface area (Å²) in [5.41, 5.74) is 5.73. The number of hydrogen-bond donors (Lipinski definition) is 3. The monoisotopic (exact) mass is 444 g/mol. The molecule has 1 heterocycles. The van der Waals surface area contributed by atoms with Gasteiger partial charge in [0.2, 0.25) is 5.91 Å². The van der Waals surface area contributed by atoms with Crippen LogP contribution < -0.4 is 5.73 Å². The fourth-order valence-corrected chi connectivity index (χ4v) is 4.40. The first-order valence-electron chi connectivity index (χ1n) is 8.96. The van der Waals surface area contributed by atoms with Crippen LogP contribution in [0.15, 0.2) is 12.2 Å². The summed E-state index contributed by atoms with van der Waals surface area (Å²) in [5.74, 6) is -4.03. The van der Waals surface area contributed by atoms with Gasteiger partial charge in [0.15, 0.2) is 0 Å². The molecule has 3 rings (SSSR count). The molecule has 0 spiro atoms. The fraction of sp³-hybridized carbons (Fsp3) is 0.706. The van der Waals surface area contributed by atoms with Crippen LogP contribution in [-0.2, 0) is 19.1 Å². The summed E-state index contributed by atoms with van der Waals surface area (Å²) in [7, 11) is 0. The molecule has 8 nitrogen and oxygen atoms in total. The molecule has 0 unspecified atom stereocenters. The molecule has 7 atom stereocenters. The zero-order valence-electron chi connectivity index (χ0n) is 15.6. The van der Waals surface area contributed by atoms with Crippen LogP contribution in [0.5, 0.6) is 0 Å². The van der Waals surface area contributed by atoms with Crippen molar-refractivity contribution in [2.75, 3.05) is 6.54 Å². The molecule has 1 saturated carbocycles. The standard InChI is InChI=1S/C15H20F2N2O4.C2HF3O2/c1-6(23-15(16)17)11(18)13(20)19-5-9-7-2-3-8(4-7)10(9)12(19)14(21)22;3-2(4,5)1(6)7/h2-3,6-12,15H,4-5,18H2,1H3,(H,21,22);(H,6,7)/t6-,7-,8+,9-,10+,11+,12+;/m1./s1. The Morgan fingerprint density at radius 1 is 1.17 bits per heavy atom. The molecular formula is C17H21F5N2O6. The number of ether oxygens (including phenoxy) is 1. The van der Waals surface area contributed by atoms with Crippen molar-refractivity contribution < 1.29 is 51.3 Å². The van der Waals surface area contributed by atoms with E-state index in [1.165, 1.54) is 11.8 Å². The third-order valence-corrected chi connectivity index (χ3v) is 5.68. The number of rotatable bonds is 5. The number of amides is 1. The minimum atomic E-state index is -5.08. The van der Waals surface area contributed by atoms with Crippen LogP contribution in [0.2, 0.25) is 0 Å². The molecule has 170 valence electrons. The predicted molar refractivity (Wildman–Crippen MR) is 89.1 cm³/mol. The Kier molecular flexibility index (Phi) is 7.07. The number of fused-ring (bicyclic) bond motifs is 5. The summed E-state index contributed by atoms with van der Waals surface area (Å²) in [6, 6.07) is -2.26.